The zero-order valence-corrected chi connectivity index (χ0v) is 20.0. The maximum atomic E-state index is 13.3. The largest absolute Gasteiger partial charge is 0.350 e. The van der Waals surface area contributed by atoms with E-state index in [4.69, 9.17) is 0 Å². The molecule has 0 bridgehead atoms. The third-order valence-electron chi connectivity index (χ3n) is 7.49. The monoisotopic (exact) mass is 469 g/mol. The van der Waals surface area contributed by atoms with Crippen molar-refractivity contribution < 1.29 is 14.5 Å². The fourth-order valence-corrected chi connectivity index (χ4v) is 5.55. The molecule has 3 aromatic rings. The number of rotatable bonds is 7. The van der Waals surface area contributed by atoms with Gasteiger partial charge in [0, 0.05) is 18.5 Å². The highest BCUT2D eigenvalue weighted by Gasteiger charge is 2.51. The molecule has 0 saturated carbocycles. The van der Waals surface area contributed by atoms with Crippen molar-refractivity contribution in [3.05, 3.63) is 102 Å². The lowest BCUT2D eigenvalue weighted by molar-refractivity contribution is -0.904. The molecule has 5 rings (SSSR count). The molecule has 180 valence electrons. The Kier molecular flexibility index (Phi) is 6.82. The minimum Gasteiger partial charge on any atom is -0.350 e. The Morgan fingerprint density at radius 3 is 2.00 bits per heavy atom. The van der Waals surface area contributed by atoms with Crippen LogP contribution in [0.5, 0.6) is 0 Å². The summed E-state index contributed by atoms with van der Waals surface area (Å²) in [5.74, 6) is -0.151. The summed E-state index contributed by atoms with van der Waals surface area (Å²) in [6.07, 6.45) is 1.63. The molecular weight excluding hydrogens is 436 g/mol. The maximum absolute atomic E-state index is 13.3. The summed E-state index contributed by atoms with van der Waals surface area (Å²) in [5.41, 5.74) is 2.63. The van der Waals surface area contributed by atoms with Gasteiger partial charge in [0.15, 0.2) is 0 Å². The van der Waals surface area contributed by atoms with E-state index in [-0.39, 0.29) is 17.7 Å². The molecule has 2 heterocycles. The number of nitrogens with zero attached hydrogens (tertiary/aromatic N) is 1. The van der Waals surface area contributed by atoms with E-state index in [0.717, 1.165) is 49.3 Å². The Balaban J connectivity index is 1.18. The van der Waals surface area contributed by atoms with E-state index in [9.17, 15) is 9.59 Å². The van der Waals surface area contributed by atoms with Crippen LogP contribution in [0.2, 0.25) is 0 Å². The molecule has 35 heavy (non-hydrogen) atoms. The summed E-state index contributed by atoms with van der Waals surface area (Å²) in [7, 11) is 0. The first kappa shape index (κ1) is 23.1. The molecule has 1 spiro atoms. The molecule has 6 nitrogen and oxygen atoms in total. The van der Waals surface area contributed by atoms with E-state index < -0.39 is 5.54 Å². The molecule has 0 radical (unpaired) electrons. The predicted molar refractivity (Wildman–Crippen MR) is 137 cm³/mol. The smallest absolute Gasteiger partial charge is 0.247 e. The topological polar surface area (TPSA) is 65.9 Å². The van der Waals surface area contributed by atoms with Crippen molar-refractivity contribution in [3.63, 3.8) is 0 Å². The maximum Gasteiger partial charge on any atom is 0.247 e. The van der Waals surface area contributed by atoms with E-state index in [1.807, 2.05) is 78.9 Å². The lowest BCUT2D eigenvalue weighted by Crippen LogP contribution is -3.14. The van der Waals surface area contributed by atoms with Gasteiger partial charge in [0.1, 0.15) is 5.54 Å². The number of hydrogen-bond donors (Lipinski definition) is 3. The van der Waals surface area contributed by atoms with Gasteiger partial charge in [-0.2, -0.15) is 0 Å². The lowest BCUT2D eigenvalue weighted by Gasteiger charge is -2.41. The van der Waals surface area contributed by atoms with Crippen LogP contribution in [0.1, 0.15) is 29.9 Å². The van der Waals surface area contributed by atoms with E-state index in [2.05, 4.69) is 27.7 Å². The number of carbonyl (C=O) groups is 2. The first-order valence-electron chi connectivity index (χ1n) is 12.5. The second kappa shape index (κ2) is 10.3. The van der Waals surface area contributed by atoms with Gasteiger partial charge in [-0.15, -0.1) is 0 Å². The Morgan fingerprint density at radius 2 is 1.43 bits per heavy atom. The molecule has 3 N–H and O–H groups in total. The van der Waals surface area contributed by atoms with Crippen molar-refractivity contribution in [2.24, 2.45) is 0 Å². The summed E-state index contributed by atoms with van der Waals surface area (Å²) in [6.45, 7) is 3.85. The number of quaternary nitrogens is 1. The van der Waals surface area contributed by atoms with Crippen LogP contribution in [0, 0.1) is 0 Å². The minimum absolute atomic E-state index is 0.0284. The molecule has 2 amide bonds. The fraction of sp³-hybridized carbons (Fsp3) is 0.310. The molecule has 0 aromatic heterocycles. The number of hydrogen-bond acceptors (Lipinski definition) is 3. The molecule has 6 heteroatoms. The molecule has 0 atom stereocenters. The minimum atomic E-state index is -0.459. The Morgan fingerprint density at radius 1 is 0.886 bits per heavy atom. The van der Waals surface area contributed by atoms with Gasteiger partial charge in [-0.1, -0.05) is 78.9 Å². The number of likely N-dealkylation sites (tertiary alicyclic amines) is 1. The van der Waals surface area contributed by atoms with Crippen molar-refractivity contribution in [2.75, 3.05) is 37.7 Å². The number of piperidine rings is 1. The van der Waals surface area contributed by atoms with Crippen LogP contribution in [0.15, 0.2) is 91.0 Å². The Bertz CT molecular complexity index is 1090. The van der Waals surface area contributed by atoms with Crippen LogP contribution in [0.25, 0.3) is 0 Å². The van der Waals surface area contributed by atoms with Gasteiger partial charge in [0.25, 0.3) is 0 Å². The zero-order valence-electron chi connectivity index (χ0n) is 20.0. The SMILES string of the molecule is O=C(NCC[NH+]1CCC2(CC1)C(=O)NCN2c1ccccc1)C(c1ccccc1)c1ccccc1. The van der Waals surface area contributed by atoms with Gasteiger partial charge in [-0.25, -0.2) is 0 Å². The average molecular weight is 470 g/mol. The highest BCUT2D eigenvalue weighted by atomic mass is 16.2. The Labute approximate surface area is 206 Å². The van der Waals surface area contributed by atoms with Gasteiger partial charge >= 0.3 is 0 Å². The second-order valence-electron chi connectivity index (χ2n) is 9.50. The molecule has 2 aliphatic heterocycles. The van der Waals surface area contributed by atoms with Crippen LogP contribution in [-0.4, -0.2) is 50.2 Å². The quantitative estimate of drug-likeness (QED) is 0.496. The molecule has 2 fully saturated rings. The van der Waals surface area contributed by atoms with Crippen LogP contribution in [0.4, 0.5) is 5.69 Å². The molecule has 2 saturated heterocycles. The average Bonchev–Trinajstić information content (AvgIpc) is 3.22. The highest BCUT2D eigenvalue weighted by molar-refractivity contribution is 5.93. The number of amides is 2. The summed E-state index contributed by atoms with van der Waals surface area (Å²) >= 11 is 0. The summed E-state index contributed by atoms with van der Waals surface area (Å²) < 4.78 is 0. The third kappa shape index (κ3) is 4.80. The fourth-order valence-electron chi connectivity index (χ4n) is 5.55. The first-order valence-corrected chi connectivity index (χ1v) is 12.5. The van der Waals surface area contributed by atoms with Crippen LogP contribution in [0.3, 0.4) is 0 Å². The normalized spacial score (nSPS) is 21.8. The highest BCUT2D eigenvalue weighted by Crippen LogP contribution is 2.33. The van der Waals surface area contributed by atoms with Crippen molar-refractivity contribution >= 4 is 17.5 Å². The van der Waals surface area contributed by atoms with Gasteiger partial charge in [-0.05, 0) is 23.3 Å². The Hall–Kier alpha value is -3.64. The number of carbonyl (C=O) groups excluding carboxylic acids is 2. The molecule has 0 aliphatic carbocycles. The van der Waals surface area contributed by atoms with Crippen molar-refractivity contribution in [3.8, 4) is 0 Å². The first-order chi connectivity index (χ1) is 17.2. The summed E-state index contributed by atoms with van der Waals surface area (Å²) in [6, 6.07) is 30.1. The molecular formula is C29H33N4O2+. The van der Waals surface area contributed by atoms with Crippen LogP contribution < -0.4 is 20.4 Å². The van der Waals surface area contributed by atoms with Gasteiger partial charge in [-0.3, -0.25) is 9.59 Å². The van der Waals surface area contributed by atoms with Crippen molar-refractivity contribution in [1.29, 1.82) is 0 Å². The zero-order chi connectivity index (χ0) is 24.1. The van der Waals surface area contributed by atoms with E-state index in [1.54, 1.807) is 0 Å². The van der Waals surface area contributed by atoms with Crippen LogP contribution >= 0.6 is 0 Å². The number of para-hydroxylation sites is 1. The number of benzene rings is 3. The second-order valence-corrected chi connectivity index (χ2v) is 9.50. The van der Waals surface area contributed by atoms with E-state index in [0.29, 0.717) is 13.2 Å². The van der Waals surface area contributed by atoms with E-state index in [1.165, 1.54) is 4.90 Å². The molecule has 0 unspecified atom stereocenters. The van der Waals surface area contributed by atoms with Gasteiger partial charge in [0.2, 0.25) is 11.8 Å². The summed E-state index contributed by atoms with van der Waals surface area (Å²) in [5, 5.41) is 6.25. The van der Waals surface area contributed by atoms with Crippen LogP contribution in [-0.2, 0) is 9.59 Å². The van der Waals surface area contributed by atoms with E-state index >= 15 is 0 Å². The predicted octanol–water partition coefficient (Wildman–Crippen LogP) is 1.95. The van der Waals surface area contributed by atoms with Crippen molar-refractivity contribution in [2.45, 2.75) is 24.3 Å². The van der Waals surface area contributed by atoms with Gasteiger partial charge in [0.05, 0.1) is 38.8 Å². The van der Waals surface area contributed by atoms with Crippen molar-refractivity contribution in [1.82, 2.24) is 10.6 Å². The standard InChI is InChI=1S/C29H32N4O2/c34-27(26(23-10-4-1-5-11-23)24-12-6-2-7-13-24)30-18-21-32-19-16-29(17-20-32)28(35)31-22-33(29)25-14-8-3-9-15-25/h1-15,26H,16-22H2,(H,30,34)(H,31,35)/p+1. The lowest BCUT2D eigenvalue weighted by atomic mass is 9.85. The van der Waals surface area contributed by atoms with Gasteiger partial charge < -0.3 is 20.4 Å². The number of anilines is 1. The molecule has 3 aromatic carbocycles. The molecule has 2 aliphatic rings. The number of nitrogens with one attached hydrogen (secondary N) is 3. The third-order valence-corrected chi connectivity index (χ3v) is 7.49. The summed E-state index contributed by atoms with van der Waals surface area (Å²) in [4.78, 5) is 29.8.